The molecule has 2 heteroatoms. The first-order valence-corrected chi connectivity index (χ1v) is 3.81. The average molecular weight is 160 g/mol. The van der Waals surface area contributed by atoms with Crippen LogP contribution in [-0.4, -0.2) is 0 Å². The lowest BCUT2D eigenvalue weighted by Gasteiger charge is -2.03. The van der Waals surface area contributed by atoms with Crippen LogP contribution in [0.2, 0.25) is 0 Å². The zero-order valence-electron chi connectivity index (χ0n) is 6.97. The summed E-state index contributed by atoms with van der Waals surface area (Å²) in [6.07, 6.45) is 0. The summed E-state index contributed by atoms with van der Waals surface area (Å²) in [7, 11) is 0. The molecule has 0 radical (unpaired) electrons. The predicted molar refractivity (Wildman–Crippen MR) is 48.3 cm³/mol. The van der Waals surface area contributed by atoms with E-state index in [-0.39, 0.29) is 10.9 Å². The molecular weight excluding hydrogens is 152 g/mol. The minimum absolute atomic E-state index is 0.340. The van der Waals surface area contributed by atoms with E-state index in [4.69, 9.17) is 0 Å². The highest BCUT2D eigenvalue weighted by atomic mass is 16.2. The largest absolute Gasteiger partial charge is 0.285 e. The zero-order valence-corrected chi connectivity index (χ0v) is 6.97. The van der Waals surface area contributed by atoms with Gasteiger partial charge in [-0.25, -0.2) is 0 Å². The van der Waals surface area contributed by atoms with E-state index in [2.05, 4.69) is 0 Å². The number of hydrogen-bond acceptors (Lipinski definition) is 2. The van der Waals surface area contributed by atoms with Crippen molar-refractivity contribution >= 4 is 10.8 Å². The maximum Gasteiger partial charge on any atom is 0.234 e. The van der Waals surface area contributed by atoms with Gasteiger partial charge in [0, 0.05) is 10.8 Å². The second-order valence-corrected chi connectivity index (χ2v) is 3.14. The van der Waals surface area contributed by atoms with E-state index in [1.807, 2.05) is 13.8 Å². The van der Waals surface area contributed by atoms with Gasteiger partial charge in [0.2, 0.25) is 10.9 Å². The summed E-state index contributed by atoms with van der Waals surface area (Å²) in [5.41, 5.74) is 1.45. The molecule has 0 aliphatic carbocycles. The van der Waals surface area contributed by atoms with Gasteiger partial charge in [-0.1, -0.05) is 0 Å². The second kappa shape index (κ2) is 2.03. The van der Waals surface area contributed by atoms with Crippen molar-refractivity contribution in [2.45, 2.75) is 13.8 Å². The first-order valence-electron chi connectivity index (χ1n) is 3.81. The van der Waals surface area contributed by atoms with Gasteiger partial charge in [0.1, 0.15) is 0 Å². The van der Waals surface area contributed by atoms with Crippen molar-refractivity contribution in [2.75, 3.05) is 0 Å². The van der Waals surface area contributed by atoms with Crippen LogP contribution in [-0.2, 0) is 0 Å². The first kappa shape index (κ1) is 7.22. The van der Waals surface area contributed by atoms with Crippen molar-refractivity contribution in [3.05, 3.63) is 43.7 Å². The van der Waals surface area contributed by atoms with E-state index in [1.165, 1.54) is 0 Å². The predicted octanol–water partition coefficient (Wildman–Crippen LogP) is 1.05. The summed E-state index contributed by atoms with van der Waals surface area (Å²) in [4.78, 5) is 21.9. The molecule has 2 aromatic carbocycles. The zero-order chi connectivity index (χ0) is 8.88. The Morgan fingerprint density at radius 2 is 1.17 bits per heavy atom. The van der Waals surface area contributed by atoms with Crippen molar-refractivity contribution in [1.29, 1.82) is 0 Å². The summed E-state index contributed by atoms with van der Waals surface area (Å²) in [5, 5.41) is 1.17. The van der Waals surface area contributed by atoms with Gasteiger partial charge in [-0.15, -0.1) is 0 Å². The number of fused-ring (bicyclic) bond motifs is 1. The van der Waals surface area contributed by atoms with E-state index in [9.17, 15) is 9.59 Å². The highest BCUT2D eigenvalue weighted by Crippen LogP contribution is 2.14. The molecule has 2 aromatic rings. The van der Waals surface area contributed by atoms with E-state index in [1.54, 1.807) is 12.1 Å². The summed E-state index contributed by atoms with van der Waals surface area (Å²) in [6, 6.07) is 3.57. The molecule has 0 saturated heterocycles. The smallest absolute Gasteiger partial charge is 0.234 e. The fourth-order valence-electron chi connectivity index (χ4n) is 1.37. The SMILES string of the molecule is Cc1cc2c(=O)c(=O)c2cc1C. The van der Waals surface area contributed by atoms with Crippen LogP contribution in [0.1, 0.15) is 11.1 Å². The van der Waals surface area contributed by atoms with E-state index in [0.717, 1.165) is 11.1 Å². The fraction of sp³-hybridized carbons (Fsp3) is 0.200. The molecule has 0 fully saturated rings. The Labute approximate surface area is 69.1 Å². The molecule has 0 aliphatic heterocycles. The molecule has 0 saturated carbocycles. The second-order valence-electron chi connectivity index (χ2n) is 3.14. The highest BCUT2D eigenvalue weighted by molar-refractivity contribution is 5.88. The summed E-state index contributed by atoms with van der Waals surface area (Å²) in [5.74, 6) is 0. The number of benzene rings is 1. The van der Waals surface area contributed by atoms with Crippen LogP contribution in [0.15, 0.2) is 21.7 Å². The van der Waals surface area contributed by atoms with E-state index >= 15 is 0 Å². The van der Waals surface area contributed by atoms with Crippen LogP contribution in [0.25, 0.3) is 10.8 Å². The monoisotopic (exact) mass is 160 g/mol. The molecule has 12 heavy (non-hydrogen) atoms. The number of aryl methyl sites for hydroxylation is 2. The lowest BCUT2D eigenvalue weighted by molar-refractivity contribution is 1.35. The molecule has 2 rings (SSSR count). The van der Waals surface area contributed by atoms with Crippen molar-refractivity contribution in [3.63, 3.8) is 0 Å². The molecule has 60 valence electrons. The Bertz CT molecular complexity index is 479. The molecule has 0 bridgehead atoms. The normalized spacial score (nSPS) is 11.2. The molecule has 0 atom stereocenters. The molecule has 0 aliphatic rings. The van der Waals surface area contributed by atoms with Gasteiger partial charge in [0.15, 0.2) is 0 Å². The third-order valence-corrected chi connectivity index (χ3v) is 2.33. The number of hydrogen-bond donors (Lipinski definition) is 0. The van der Waals surface area contributed by atoms with Gasteiger partial charge in [0.05, 0.1) is 0 Å². The Morgan fingerprint density at radius 3 is 1.50 bits per heavy atom. The molecular formula is C10H8O2. The van der Waals surface area contributed by atoms with Gasteiger partial charge in [-0.3, -0.25) is 9.59 Å². The minimum Gasteiger partial charge on any atom is -0.285 e. The summed E-state index contributed by atoms with van der Waals surface area (Å²) in [6.45, 7) is 3.87. The highest BCUT2D eigenvalue weighted by Gasteiger charge is 2.12. The van der Waals surface area contributed by atoms with Crippen LogP contribution in [0.5, 0.6) is 0 Å². The van der Waals surface area contributed by atoms with Crippen molar-refractivity contribution in [3.8, 4) is 0 Å². The molecule has 0 aromatic heterocycles. The Balaban J connectivity index is 2.97. The third-order valence-electron chi connectivity index (χ3n) is 2.33. The standard InChI is InChI=1S/C10H8O2/c1-5-3-7-8(4-6(5)2)10(12)9(7)11/h3-4H,1-2H3. The van der Waals surface area contributed by atoms with Crippen molar-refractivity contribution in [1.82, 2.24) is 0 Å². The summed E-state index contributed by atoms with van der Waals surface area (Å²) < 4.78 is 0. The quantitative estimate of drug-likeness (QED) is 0.540. The molecule has 0 heterocycles. The Kier molecular flexibility index (Phi) is 1.22. The van der Waals surface area contributed by atoms with Gasteiger partial charge >= 0.3 is 0 Å². The van der Waals surface area contributed by atoms with Crippen LogP contribution in [0.3, 0.4) is 0 Å². The van der Waals surface area contributed by atoms with Crippen LogP contribution in [0.4, 0.5) is 0 Å². The average Bonchev–Trinajstić information content (AvgIpc) is 2.08. The maximum atomic E-state index is 11.0. The lowest BCUT2D eigenvalue weighted by Crippen LogP contribution is -2.30. The lowest BCUT2D eigenvalue weighted by atomic mass is 9.99. The molecule has 0 spiro atoms. The minimum atomic E-state index is -0.340. The van der Waals surface area contributed by atoms with Crippen LogP contribution in [0, 0.1) is 13.8 Å². The molecule has 2 nitrogen and oxygen atoms in total. The van der Waals surface area contributed by atoms with Crippen molar-refractivity contribution in [2.24, 2.45) is 0 Å². The topological polar surface area (TPSA) is 34.1 Å². The fourth-order valence-corrected chi connectivity index (χ4v) is 1.37. The van der Waals surface area contributed by atoms with Gasteiger partial charge < -0.3 is 0 Å². The molecule has 0 unspecified atom stereocenters. The van der Waals surface area contributed by atoms with E-state index < -0.39 is 0 Å². The van der Waals surface area contributed by atoms with Gasteiger partial charge in [-0.05, 0) is 37.1 Å². The molecule has 0 amide bonds. The third kappa shape index (κ3) is 0.694. The van der Waals surface area contributed by atoms with E-state index in [0.29, 0.717) is 10.8 Å². The Hall–Kier alpha value is -1.44. The number of rotatable bonds is 0. The molecule has 0 N–H and O–H groups in total. The van der Waals surface area contributed by atoms with Crippen molar-refractivity contribution < 1.29 is 0 Å². The van der Waals surface area contributed by atoms with Crippen LogP contribution < -0.4 is 10.9 Å². The summed E-state index contributed by atoms with van der Waals surface area (Å²) >= 11 is 0. The van der Waals surface area contributed by atoms with Crippen LogP contribution >= 0.6 is 0 Å². The Morgan fingerprint density at radius 1 is 0.833 bits per heavy atom. The van der Waals surface area contributed by atoms with Gasteiger partial charge in [0.25, 0.3) is 0 Å². The maximum absolute atomic E-state index is 11.0. The van der Waals surface area contributed by atoms with Gasteiger partial charge in [-0.2, -0.15) is 0 Å². The first-order chi connectivity index (χ1) is 5.61.